The van der Waals surface area contributed by atoms with E-state index in [1.807, 2.05) is 18.0 Å². The number of benzene rings is 1. The normalized spacial score (nSPS) is 23.9. The van der Waals surface area contributed by atoms with Crippen LogP contribution >= 0.6 is 0 Å². The summed E-state index contributed by atoms with van der Waals surface area (Å²) in [6, 6.07) is 6.98. The fourth-order valence-electron chi connectivity index (χ4n) is 4.06. The van der Waals surface area contributed by atoms with Crippen LogP contribution in [-0.4, -0.2) is 42.5 Å². The van der Waals surface area contributed by atoms with Gasteiger partial charge in [-0.25, -0.2) is 0 Å². The number of hydrogen-bond donors (Lipinski definition) is 2. The first-order chi connectivity index (χ1) is 13.0. The van der Waals surface area contributed by atoms with Gasteiger partial charge in [0, 0.05) is 18.7 Å². The number of nitrogens with zero attached hydrogens (tertiary/aromatic N) is 1. The number of carbonyl (C=O) groups excluding carboxylic acids is 2. The summed E-state index contributed by atoms with van der Waals surface area (Å²) in [6.45, 7) is 0.611. The van der Waals surface area contributed by atoms with Crippen LogP contribution in [0.5, 0.6) is 5.75 Å². The summed E-state index contributed by atoms with van der Waals surface area (Å²) >= 11 is 0. The molecule has 1 atom stereocenters. The van der Waals surface area contributed by atoms with Crippen molar-refractivity contribution in [3.05, 3.63) is 29.8 Å². The number of likely N-dealkylation sites (N-methyl/N-ethyl adjacent to an activating group) is 1. The van der Waals surface area contributed by atoms with E-state index in [9.17, 15) is 9.59 Å². The first kappa shape index (κ1) is 19.7. The maximum absolute atomic E-state index is 12.6. The highest BCUT2D eigenvalue weighted by molar-refractivity contribution is 5.93. The minimum atomic E-state index is -0.452. The van der Waals surface area contributed by atoms with Gasteiger partial charge in [-0.15, -0.1) is 0 Å². The van der Waals surface area contributed by atoms with Crippen molar-refractivity contribution in [3.8, 4) is 5.75 Å². The summed E-state index contributed by atoms with van der Waals surface area (Å²) in [5.41, 5.74) is 12.1. The molecular formula is C21H31N3O3. The van der Waals surface area contributed by atoms with Crippen molar-refractivity contribution in [2.24, 2.45) is 23.3 Å². The second-order valence-electron chi connectivity index (χ2n) is 8.04. The minimum absolute atomic E-state index is 0.0997. The van der Waals surface area contributed by atoms with Crippen LogP contribution in [-0.2, 0) is 4.79 Å². The van der Waals surface area contributed by atoms with E-state index in [2.05, 4.69) is 0 Å². The number of ether oxygens (including phenoxy) is 1. The van der Waals surface area contributed by atoms with Gasteiger partial charge in [0.2, 0.25) is 11.8 Å². The van der Waals surface area contributed by atoms with Crippen LogP contribution in [0.1, 0.15) is 55.3 Å². The van der Waals surface area contributed by atoms with E-state index >= 15 is 0 Å². The van der Waals surface area contributed by atoms with E-state index in [1.165, 1.54) is 6.42 Å². The van der Waals surface area contributed by atoms with E-state index in [-0.39, 0.29) is 17.9 Å². The number of primary amides is 1. The Morgan fingerprint density at radius 2 is 1.89 bits per heavy atom. The van der Waals surface area contributed by atoms with Gasteiger partial charge < -0.3 is 21.1 Å². The van der Waals surface area contributed by atoms with Gasteiger partial charge in [0.15, 0.2) is 0 Å². The Labute approximate surface area is 161 Å². The lowest BCUT2D eigenvalue weighted by Crippen LogP contribution is -2.52. The molecule has 4 N–H and O–H groups in total. The summed E-state index contributed by atoms with van der Waals surface area (Å²) in [7, 11) is 1.89. The molecule has 0 aromatic heterocycles. The zero-order chi connectivity index (χ0) is 19.4. The highest BCUT2D eigenvalue weighted by Crippen LogP contribution is 2.32. The van der Waals surface area contributed by atoms with Gasteiger partial charge in [-0.3, -0.25) is 9.59 Å². The molecule has 2 aliphatic carbocycles. The van der Waals surface area contributed by atoms with Crippen molar-refractivity contribution in [1.29, 1.82) is 0 Å². The van der Waals surface area contributed by atoms with E-state index in [4.69, 9.17) is 16.2 Å². The van der Waals surface area contributed by atoms with Crippen LogP contribution in [0.4, 0.5) is 0 Å². The van der Waals surface area contributed by atoms with Crippen molar-refractivity contribution < 1.29 is 14.3 Å². The van der Waals surface area contributed by atoms with Gasteiger partial charge >= 0.3 is 0 Å². The second kappa shape index (κ2) is 8.74. The highest BCUT2D eigenvalue weighted by Gasteiger charge is 2.34. The van der Waals surface area contributed by atoms with Gasteiger partial charge in [-0.05, 0) is 75.0 Å². The highest BCUT2D eigenvalue weighted by atomic mass is 16.5. The zero-order valence-corrected chi connectivity index (χ0v) is 16.1. The quantitative estimate of drug-likeness (QED) is 0.766. The van der Waals surface area contributed by atoms with Crippen LogP contribution in [0, 0.1) is 11.8 Å². The second-order valence-corrected chi connectivity index (χ2v) is 8.04. The van der Waals surface area contributed by atoms with Crippen molar-refractivity contribution in [1.82, 2.24) is 4.90 Å². The topological polar surface area (TPSA) is 98.7 Å². The van der Waals surface area contributed by atoms with Crippen LogP contribution in [0.2, 0.25) is 0 Å². The average molecular weight is 373 g/mol. The molecule has 2 aliphatic rings. The third kappa shape index (κ3) is 4.80. The molecule has 1 aromatic carbocycles. The Morgan fingerprint density at radius 1 is 1.19 bits per heavy atom. The summed E-state index contributed by atoms with van der Waals surface area (Å²) in [6.07, 6.45) is 7.36. The first-order valence-electron chi connectivity index (χ1n) is 10.0. The molecule has 1 aromatic rings. The predicted octanol–water partition coefficient (Wildman–Crippen LogP) is 2.31. The van der Waals surface area contributed by atoms with Crippen LogP contribution < -0.4 is 16.2 Å². The summed E-state index contributed by atoms with van der Waals surface area (Å²) in [5.74, 6) is 1.02. The Hall–Kier alpha value is -2.08. The molecule has 0 bridgehead atoms. The minimum Gasteiger partial charge on any atom is -0.493 e. The summed E-state index contributed by atoms with van der Waals surface area (Å²) in [5, 5.41) is 0. The molecule has 2 saturated carbocycles. The number of amides is 2. The van der Waals surface area contributed by atoms with E-state index in [1.54, 1.807) is 18.2 Å². The number of rotatable bonds is 7. The predicted molar refractivity (Wildman–Crippen MR) is 104 cm³/mol. The third-order valence-corrected chi connectivity index (χ3v) is 6.26. The maximum atomic E-state index is 12.6. The molecule has 0 spiro atoms. The van der Waals surface area contributed by atoms with Gasteiger partial charge in [0.05, 0.1) is 12.6 Å². The molecule has 6 heteroatoms. The third-order valence-electron chi connectivity index (χ3n) is 6.26. The standard InChI is InChI=1S/C21H31N3O3/c1-24(17-5-3-6-17)21(26)19(22)15-10-8-14(9-11-15)13-27-18-7-2-4-16(12-18)20(23)25/h2,4,7,12,14-15,17,19H,3,5-6,8-11,13,22H2,1H3,(H2,23,25)/t14?,15?,19-/m0/s1. The van der Waals surface area contributed by atoms with Crippen LogP contribution in [0.3, 0.4) is 0 Å². The van der Waals surface area contributed by atoms with E-state index < -0.39 is 5.91 Å². The molecular weight excluding hydrogens is 342 g/mol. The zero-order valence-electron chi connectivity index (χ0n) is 16.1. The van der Waals surface area contributed by atoms with Gasteiger partial charge in [0.1, 0.15) is 5.75 Å². The van der Waals surface area contributed by atoms with E-state index in [0.717, 1.165) is 38.5 Å². The number of hydrogen-bond acceptors (Lipinski definition) is 4. The van der Waals surface area contributed by atoms with Crippen molar-refractivity contribution >= 4 is 11.8 Å². The van der Waals surface area contributed by atoms with Crippen LogP contribution in [0.25, 0.3) is 0 Å². The fourth-order valence-corrected chi connectivity index (χ4v) is 4.06. The largest absolute Gasteiger partial charge is 0.493 e. The van der Waals surface area contributed by atoms with E-state index in [0.29, 0.717) is 29.9 Å². The molecule has 0 saturated heterocycles. The monoisotopic (exact) mass is 373 g/mol. The Kier molecular flexibility index (Phi) is 6.37. The van der Waals surface area contributed by atoms with Gasteiger partial charge in [0.25, 0.3) is 0 Å². The maximum Gasteiger partial charge on any atom is 0.248 e. The molecule has 27 heavy (non-hydrogen) atoms. The first-order valence-corrected chi connectivity index (χ1v) is 10.0. The Balaban J connectivity index is 1.44. The molecule has 148 valence electrons. The van der Waals surface area contributed by atoms with Gasteiger partial charge in [-0.2, -0.15) is 0 Å². The molecule has 0 unspecified atom stereocenters. The molecule has 0 aliphatic heterocycles. The average Bonchev–Trinajstić information content (AvgIpc) is 2.64. The lowest BCUT2D eigenvalue weighted by Gasteiger charge is -2.38. The fraction of sp³-hybridized carbons (Fsp3) is 0.619. The molecule has 3 rings (SSSR count). The molecule has 6 nitrogen and oxygen atoms in total. The van der Waals surface area contributed by atoms with Crippen molar-refractivity contribution in [3.63, 3.8) is 0 Å². The Morgan fingerprint density at radius 3 is 2.48 bits per heavy atom. The molecule has 0 heterocycles. The van der Waals surface area contributed by atoms with Gasteiger partial charge in [-0.1, -0.05) is 6.07 Å². The number of carbonyl (C=O) groups is 2. The molecule has 2 fully saturated rings. The number of nitrogens with two attached hydrogens (primary N) is 2. The molecule has 0 radical (unpaired) electrons. The lowest BCUT2D eigenvalue weighted by molar-refractivity contribution is -0.136. The Bertz CT molecular complexity index is 666. The SMILES string of the molecule is CN(C(=O)[C@@H](N)C1CCC(COc2cccc(C(N)=O)c2)CC1)C1CCC1. The summed E-state index contributed by atoms with van der Waals surface area (Å²) < 4.78 is 5.86. The lowest BCUT2D eigenvalue weighted by atomic mass is 9.78. The smallest absolute Gasteiger partial charge is 0.248 e. The van der Waals surface area contributed by atoms with Crippen LogP contribution in [0.15, 0.2) is 24.3 Å². The van der Waals surface area contributed by atoms with Crippen molar-refractivity contribution in [2.45, 2.75) is 57.0 Å². The summed E-state index contributed by atoms with van der Waals surface area (Å²) in [4.78, 5) is 25.7. The van der Waals surface area contributed by atoms with Crippen molar-refractivity contribution in [2.75, 3.05) is 13.7 Å². The molecule has 2 amide bonds.